The van der Waals surface area contributed by atoms with Gasteiger partial charge in [-0.15, -0.1) is 0 Å². The first-order chi connectivity index (χ1) is 5.55. The third-order valence-corrected chi connectivity index (χ3v) is 4.29. The number of halogens is 2. The lowest BCUT2D eigenvalue weighted by Crippen LogP contribution is -2.27. The van der Waals surface area contributed by atoms with Crippen molar-refractivity contribution in [2.75, 3.05) is 20.3 Å². The molecule has 0 aromatic rings. The summed E-state index contributed by atoms with van der Waals surface area (Å²) >= 11 is 11.1. The highest BCUT2D eigenvalue weighted by Gasteiger charge is 2.35. The maximum atomic E-state index is 11.3. The molecule has 1 rings (SSSR count). The SMILES string of the molecule is COCC1CCCN1P(=O)(Cl)Cl. The summed E-state index contributed by atoms with van der Waals surface area (Å²) in [5.74, 6) is -3.10. The first-order valence-corrected chi connectivity index (χ1v) is 7.28. The molecular weight excluding hydrogens is 220 g/mol. The van der Waals surface area contributed by atoms with Crippen molar-refractivity contribution in [1.82, 2.24) is 4.67 Å². The van der Waals surface area contributed by atoms with Crippen LogP contribution in [-0.2, 0) is 9.30 Å². The zero-order valence-electron chi connectivity index (χ0n) is 6.87. The van der Waals surface area contributed by atoms with Gasteiger partial charge in [0.1, 0.15) is 0 Å². The van der Waals surface area contributed by atoms with E-state index in [2.05, 4.69) is 0 Å². The Bertz CT molecular complexity index is 196. The van der Waals surface area contributed by atoms with E-state index in [1.807, 2.05) is 0 Å². The minimum atomic E-state index is -3.10. The number of hydrogen-bond donors (Lipinski definition) is 0. The van der Waals surface area contributed by atoms with E-state index in [4.69, 9.17) is 27.2 Å². The molecule has 1 unspecified atom stereocenters. The summed E-state index contributed by atoms with van der Waals surface area (Å²) in [7, 11) is 1.61. The molecule has 0 aromatic heterocycles. The molecule has 0 spiro atoms. The highest BCUT2D eigenvalue weighted by Crippen LogP contribution is 2.62. The van der Waals surface area contributed by atoms with Crippen molar-refractivity contribution in [2.45, 2.75) is 18.9 Å². The second-order valence-corrected chi connectivity index (χ2v) is 7.50. The lowest BCUT2D eigenvalue weighted by Gasteiger charge is -2.23. The van der Waals surface area contributed by atoms with Crippen molar-refractivity contribution in [2.24, 2.45) is 0 Å². The Morgan fingerprint density at radius 1 is 1.67 bits per heavy atom. The van der Waals surface area contributed by atoms with Crippen LogP contribution in [0.25, 0.3) is 0 Å². The Morgan fingerprint density at radius 3 is 2.83 bits per heavy atom. The molecule has 1 fully saturated rings. The van der Waals surface area contributed by atoms with Gasteiger partial charge in [-0.1, -0.05) is 0 Å². The maximum Gasteiger partial charge on any atom is 0.322 e. The summed E-state index contributed by atoms with van der Waals surface area (Å²) in [5, 5.41) is 0. The molecule has 0 aliphatic carbocycles. The van der Waals surface area contributed by atoms with Crippen molar-refractivity contribution < 1.29 is 9.30 Å². The average Bonchev–Trinajstić information content (AvgIpc) is 2.34. The van der Waals surface area contributed by atoms with Crippen LogP contribution in [-0.4, -0.2) is 31.0 Å². The quantitative estimate of drug-likeness (QED) is 0.700. The van der Waals surface area contributed by atoms with Crippen molar-refractivity contribution >= 4 is 28.5 Å². The van der Waals surface area contributed by atoms with Gasteiger partial charge in [0.25, 0.3) is 0 Å². The second-order valence-electron chi connectivity index (χ2n) is 2.85. The van der Waals surface area contributed by atoms with Crippen LogP contribution in [0.3, 0.4) is 0 Å². The minimum Gasteiger partial charge on any atom is -0.383 e. The maximum absolute atomic E-state index is 11.3. The fraction of sp³-hybridized carbons (Fsp3) is 1.00. The van der Waals surface area contributed by atoms with Crippen LogP contribution in [0, 0.1) is 0 Å². The van der Waals surface area contributed by atoms with Crippen LogP contribution in [0.15, 0.2) is 0 Å². The monoisotopic (exact) mass is 231 g/mol. The summed E-state index contributed by atoms with van der Waals surface area (Å²) in [4.78, 5) is 0. The molecule has 0 saturated carbocycles. The van der Waals surface area contributed by atoms with Crippen molar-refractivity contribution in [3.63, 3.8) is 0 Å². The van der Waals surface area contributed by atoms with E-state index in [9.17, 15) is 4.57 Å². The number of nitrogens with zero attached hydrogens (tertiary/aromatic N) is 1. The van der Waals surface area contributed by atoms with E-state index < -0.39 is 6.00 Å². The van der Waals surface area contributed by atoms with Crippen LogP contribution in [0.2, 0.25) is 0 Å². The molecule has 1 aliphatic rings. The molecule has 0 radical (unpaired) electrons. The molecule has 1 atom stereocenters. The summed E-state index contributed by atoms with van der Waals surface area (Å²) in [6.45, 7) is 1.25. The molecule has 1 aliphatic heterocycles. The van der Waals surface area contributed by atoms with E-state index in [1.54, 1.807) is 11.8 Å². The van der Waals surface area contributed by atoms with Gasteiger partial charge >= 0.3 is 6.00 Å². The lowest BCUT2D eigenvalue weighted by molar-refractivity contribution is 0.150. The van der Waals surface area contributed by atoms with Crippen LogP contribution in [0.5, 0.6) is 0 Å². The Labute approximate surface area is 82.0 Å². The van der Waals surface area contributed by atoms with E-state index in [-0.39, 0.29) is 6.04 Å². The number of hydrogen-bond acceptors (Lipinski definition) is 2. The van der Waals surface area contributed by atoms with E-state index in [1.165, 1.54) is 0 Å². The first kappa shape index (κ1) is 10.8. The molecule has 0 aromatic carbocycles. The molecule has 72 valence electrons. The molecule has 6 heteroatoms. The van der Waals surface area contributed by atoms with Gasteiger partial charge in [0, 0.05) is 19.7 Å². The summed E-state index contributed by atoms with van der Waals surface area (Å²) < 4.78 is 17.9. The van der Waals surface area contributed by atoms with Crippen LogP contribution in [0.1, 0.15) is 12.8 Å². The second kappa shape index (κ2) is 4.30. The summed E-state index contributed by atoms with van der Waals surface area (Å²) in [5.41, 5.74) is 0. The van der Waals surface area contributed by atoms with Crippen LogP contribution < -0.4 is 0 Å². The highest BCUT2D eigenvalue weighted by molar-refractivity contribution is 8.06. The minimum absolute atomic E-state index is 0.121. The van der Waals surface area contributed by atoms with Gasteiger partial charge in [0.2, 0.25) is 0 Å². The normalized spacial score (nSPS) is 26.4. The predicted octanol–water partition coefficient (Wildman–Crippen LogP) is 2.68. The van der Waals surface area contributed by atoms with Crippen LogP contribution in [0.4, 0.5) is 0 Å². The zero-order valence-corrected chi connectivity index (χ0v) is 9.28. The Kier molecular flexibility index (Phi) is 3.87. The van der Waals surface area contributed by atoms with E-state index >= 15 is 0 Å². The van der Waals surface area contributed by atoms with Gasteiger partial charge in [-0.3, -0.25) is 4.57 Å². The fourth-order valence-corrected chi connectivity index (χ4v) is 3.62. The lowest BCUT2D eigenvalue weighted by atomic mass is 10.2. The Hall–Kier alpha value is 0.730. The Morgan fingerprint density at radius 2 is 2.33 bits per heavy atom. The van der Waals surface area contributed by atoms with Crippen LogP contribution >= 0.6 is 28.5 Å². The largest absolute Gasteiger partial charge is 0.383 e. The van der Waals surface area contributed by atoms with Gasteiger partial charge in [-0.05, 0) is 35.3 Å². The van der Waals surface area contributed by atoms with Crippen molar-refractivity contribution in [3.05, 3.63) is 0 Å². The third-order valence-electron chi connectivity index (χ3n) is 2.00. The van der Waals surface area contributed by atoms with Gasteiger partial charge in [0.15, 0.2) is 0 Å². The smallest absolute Gasteiger partial charge is 0.322 e. The summed E-state index contributed by atoms with van der Waals surface area (Å²) in [6, 6.07) is 0.121. The van der Waals surface area contributed by atoms with Gasteiger partial charge in [-0.25, -0.2) is 4.67 Å². The zero-order chi connectivity index (χ0) is 9.19. The standard InChI is InChI=1S/C6H12Cl2NO2P/c1-11-5-6-3-2-4-9(6)12(7,8)10/h6H,2-5H2,1H3. The molecule has 1 heterocycles. The summed E-state index contributed by atoms with van der Waals surface area (Å²) in [6.07, 6.45) is 1.94. The van der Waals surface area contributed by atoms with Crippen molar-refractivity contribution in [3.8, 4) is 0 Å². The van der Waals surface area contributed by atoms with Gasteiger partial charge in [0.05, 0.1) is 6.61 Å². The molecule has 0 amide bonds. The Balaban J connectivity index is 2.58. The molecule has 0 N–H and O–H groups in total. The molecular formula is C6H12Cl2NO2P. The van der Waals surface area contributed by atoms with Gasteiger partial charge < -0.3 is 4.74 Å². The molecule has 0 bridgehead atoms. The third kappa shape index (κ3) is 2.61. The number of ether oxygens (including phenoxy) is 1. The van der Waals surface area contributed by atoms with E-state index in [0.717, 1.165) is 12.8 Å². The first-order valence-electron chi connectivity index (χ1n) is 3.81. The number of methoxy groups -OCH3 is 1. The van der Waals surface area contributed by atoms with E-state index in [0.29, 0.717) is 13.2 Å². The van der Waals surface area contributed by atoms with Crippen molar-refractivity contribution in [1.29, 1.82) is 0 Å². The fourth-order valence-electron chi connectivity index (χ4n) is 1.49. The molecule has 12 heavy (non-hydrogen) atoms. The predicted molar refractivity (Wildman–Crippen MR) is 50.9 cm³/mol. The molecule has 1 saturated heterocycles. The molecule has 3 nitrogen and oxygen atoms in total. The topological polar surface area (TPSA) is 29.5 Å². The van der Waals surface area contributed by atoms with Gasteiger partial charge in [-0.2, -0.15) is 0 Å². The highest BCUT2D eigenvalue weighted by atomic mass is 35.9. The average molecular weight is 232 g/mol. The number of rotatable bonds is 3.